The second-order valence-corrected chi connectivity index (χ2v) is 18.2. The fourth-order valence-corrected chi connectivity index (χ4v) is 8.42. The van der Waals surface area contributed by atoms with Crippen LogP contribution in [0.2, 0.25) is 0 Å². The van der Waals surface area contributed by atoms with Crippen LogP contribution in [-0.2, 0) is 32.0 Å². The minimum absolute atomic E-state index is 0.0227. The van der Waals surface area contributed by atoms with Crippen LogP contribution >= 0.6 is 50.5 Å². The Morgan fingerprint density at radius 2 is 1.39 bits per heavy atom. The molecule has 0 aliphatic carbocycles. The number of likely N-dealkylation sites (tertiary alicyclic amines) is 1. The molecule has 3 rings (SSSR count). The van der Waals surface area contributed by atoms with Crippen molar-refractivity contribution in [2.75, 3.05) is 14.1 Å². The maximum absolute atomic E-state index is 13.7. The van der Waals surface area contributed by atoms with Gasteiger partial charge in [0.2, 0.25) is 11.6 Å². The lowest BCUT2D eigenvalue weighted by Gasteiger charge is -2.44. The van der Waals surface area contributed by atoms with Crippen molar-refractivity contribution in [2.45, 2.75) is 99.2 Å². The predicted octanol–water partition coefficient (Wildman–Crippen LogP) is 6.05. The van der Waals surface area contributed by atoms with Crippen LogP contribution in [0.25, 0.3) is 12.2 Å². The van der Waals surface area contributed by atoms with Crippen LogP contribution in [0, 0.1) is 17.8 Å². The molecule has 2 aromatic carbocycles. The largest absolute Gasteiger partial charge is 0.371 e. The van der Waals surface area contributed by atoms with Crippen LogP contribution in [0.5, 0.6) is 0 Å². The highest BCUT2D eigenvalue weighted by molar-refractivity contribution is 7.87. The average Bonchev–Trinajstić information content (AvgIpc) is 3.17. The van der Waals surface area contributed by atoms with Crippen molar-refractivity contribution in [1.82, 2.24) is 9.80 Å². The van der Waals surface area contributed by atoms with Gasteiger partial charge >= 0.3 is 0 Å². The van der Waals surface area contributed by atoms with E-state index in [0.717, 1.165) is 27.2 Å². The van der Waals surface area contributed by atoms with Crippen molar-refractivity contribution < 1.29 is 29.4 Å². The number of carbonyl (C=O) groups is 4. The van der Waals surface area contributed by atoms with E-state index in [0.29, 0.717) is 12.8 Å². The molecule has 12 heteroatoms. The van der Waals surface area contributed by atoms with Crippen molar-refractivity contribution >= 4 is 86.0 Å². The van der Waals surface area contributed by atoms with Crippen molar-refractivity contribution in [3.05, 3.63) is 70.8 Å². The average molecular weight is 775 g/mol. The third-order valence-electron chi connectivity index (χ3n) is 10.4. The van der Waals surface area contributed by atoms with Gasteiger partial charge in [0.25, 0.3) is 5.91 Å². The lowest BCUT2D eigenvalue weighted by molar-refractivity contribution is -0.161. The number of nitrogens with zero attached hydrogens (tertiary/aromatic N) is 2. The molecular weight excluding hydrogens is 721 g/mol. The van der Waals surface area contributed by atoms with Gasteiger partial charge in [-0.1, -0.05) is 95.3 Å². The molecule has 6 atom stereocenters. The van der Waals surface area contributed by atoms with Gasteiger partial charge in [0.05, 0.1) is 4.75 Å². The van der Waals surface area contributed by atoms with Gasteiger partial charge in [-0.15, -0.1) is 25.3 Å². The molecule has 8 nitrogen and oxygen atoms in total. The number of aliphatic hydroxyl groups is 2. The van der Waals surface area contributed by atoms with E-state index in [9.17, 15) is 29.4 Å². The Morgan fingerprint density at radius 3 is 1.80 bits per heavy atom. The number of hydrogen-bond acceptors (Lipinski definition) is 10. The second-order valence-electron chi connectivity index (χ2n) is 15.0. The van der Waals surface area contributed by atoms with Crippen molar-refractivity contribution in [3.63, 3.8) is 0 Å². The summed E-state index contributed by atoms with van der Waals surface area (Å²) in [6, 6.07) is 15.2. The van der Waals surface area contributed by atoms with Crippen LogP contribution in [0.15, 0.2) is 48.5 Å². The Hall–Kier alpha value is -2.22. The number of rotatable bonds is 15. The Bertz CT molecular complexity index is 1640. The predicted molar refractivity (Wildman–Crippen MR) is 218 cm³/mol. The molecule has 2 unspecified atom stereocenters. The topological polar surface area (TPSA) is 115 Å². The Morgan fingerprint density at radius 1 is 0.922 bits per heavy atom. The van der Waals surface area contributed by atoms with Gasteiger partial charge < -0.3 is 20.0 Å². The number of carbonyl (C=O) groups excluding carboxylic acids is 4. The zero-order valence-electron chi connectivity index (χ0n) is 31.0. The summed E-state index contributed by atoms with van der Waals surface area (Å²) in [5.74, 6) is -2.05. The van der Waals surface area contributed by atoms with E-state index in [4.69, 9.17) is 37.9 Å². The maximum atomic E-state index is 13.7. The summed E-state index contributed by atoms with van der Waals surface area (Å²) in [5, 5.41) is 22.0. The molecule has 280 valence electrons. The second kappa shape index (κ2) is 16.0. The molecule has 2 aromatic rings. The van der Waals surface area contributed by atoms with E-state index >= 15 is 0 Å². The Labute approximate surface area is 325 Å². The molecule has 1 aliphatic rings. The van der Waals surface area contributed by atoms with Crippen LogP contribution in [0.4, 0.5) is 0 Å². The molecule has 2 N–H and O–H groups in total. The molecule has 0 spiro atoms. The zero-order chi connectivity index (χ0) is 38.9. The SMILES string of the molecule is CC(=O)[C@@]1(O)N(C)C(=O)[C@@](S)(Cc2ccc(/C=C/c3ccc(C[C@](S)(C(=O)C(C)C(C)C)N(C)C(=O)[C@](C)(O)S)cc3)cc2)C1(S)CCC(C)C. The standard InChI is InChI=1S/C39H54N2O6S4/c1-24(2)20-21-38(51)36(49,34(45)41(9)39(38,47)27(6)42)22-30-16-12-28(13-17-30)10-11-29-14-18-31(19-15-29)23-37(50,32(43)26(5)25(3)4)40(8)33(44)35(7,46)48/h10-19,24-26,46-51H,20-23H2,1-9H3/b11-10+/t26?,35-,36+,37+,38?,39+/m1/s1. The minimum atomic E-state index is -2.10. The highest BCUT2D eigenvalue weighted by atomic mass is 32.1. The first-order valence-corrected chi connectivity index (χ1v) is 19.0. The maximum Gasteiger partial charge on any atom is 0.265 e. The summed E-state index contributed by atoms with van der Waals surface area (Å²) in [4.78, 5) is 52.0. The molecule has 0 radical (unpaired) electrons. The molecule has 2 amide bonds. The fraction of sp³-hybridized carbons (Fsp3) is 0.538. The third-order valence-corrected chi connectivity index (χ3v) is 13.1. The molecule has 0 bridgehead atoms. The minimum Gasteiger partial charge on any atom is -0.371 e. The van der Waals surface area contributed by atoms with E-state index in [2.05, 4.69) is 12.6 Å². The molecular formula is C39H54N2O6S4. The van der Waals surface area contributed by atoms with Gasteiger partial charge in [-0.05, 0) is 67.2 Å². The first-order valence-electron chi connectivity index (χ1n) is 17.2. The highest BCUT2D eigenvalue weighted by Gasteiger charge is 2.73. The monoisotopic (exact) mass is 774 g/mol. The van der Waals surface area contributed by atoms with Gasteiger partial charge in [-0.2, -0.15) is 25.3 Å². The number of Topliss-reactive ketones (excluding diaryl/α,β-unsaturated/α-hetero) is 2. The number of ketones is 2. The van der Waals surface area contributed by atoms with Crippen LogP contribution in [-0.4, -0.2) is 82.5 Å². The summed E-state index contributed by atoms with van der Waals surface area (Å²) in [6.07, 6.45) is 5.15. The smallest absolute Gasteiger partial charge is 0.265 e. The highest BCUT2D eigenvalue weighted by Crippen LogP contribution is 2.56. The quantitative estimate of drug-likeness (QED) is 0.0747. The summed E-state index contributed by atoms with van der Waals surface area (Å²) in [5.41, 5.74) is 1.30. The van der Waals surface area contributed by atoms with E-state index in [1.807, 2.05) is 95.3 Å². The first-order chi connectivity index (χ1) is 23.4. The zero-order valence-corrected chi connectivity index (χ0v) is 34.6. The number of hydrogen-bond donors (Lipinski definition) is 6. The van der Waals surface area contributed by atoms with E-state index in [1.165, 1.54) is 32.8 Å². The van der Waals surface area contributed by atoms with E-state index in [1.54, 1.807) is 0 Å². The summed E-state index contributed by atoms with van der Waals surface area (Å²) in [6.45, 7) is 12.3. The summed E-state index contributed by atoms with van der Waals surface area (Å²) >= 11 is 18.6. The number of thiol groups is 4. The molecule has 0 aromatic heterocycles. The summed E-state index contributed by atoms with van der Waals surface area (Å²) in [7, 11) is 2.89. The van der Waals surface area contributed by atoms with Gasteiger partial charge in [0.15, 0.2) is 16.5 Å². The first kappa shape index (κ1) is 43.2. The fourth-order valence-electron chi connectivity index (χ4n) is 6.58. The van der Waals surface area contributed by atoms with Crippen molar-refractivity contribution in [1.29, 1.82) is 0 Å². The Balaban J connectivity index is 1.83. The van der Waals surface area contributed by atoms with E-state index < -0.39 is 42.6 Å². The van der Waals surface area contributed by atoms with Crippen LogP contribution in [0.1, 0.15) is 83.6 Å². The number of benzene rings is 2. The van der Waals surface area contributed by atoms with Crippen molar-refractivity contribution in [3.8, 4) is 0 Å². The molecule has 0 saturated carbocycles. The lowest BCUT2D eigenvalue weighted by Crippen LogP contribution is -2.63. The van der Waals surface area contributed by atoms with Crippen molar-refractivity contribution in [2.24, 2.45) is 17.8 Å². The Kier molecular flexibility index (Phi) is 13.6. The normalized spacial score (nSPS) is 25.3. The van der Waals surface area contributed by atoms with Gasteiger partial charge in [-0.3, -0.25) is 19.2 Å². The van der Waals surface area contributed by atoms with Crippen LogP contribution < -0.4 is 0 Å². The number of likely N-dealkylation sites (N-methyl/N-ethyl adjacent to an activating group) is 2. The molecule has 1 fully saturated rings. The third kappa shape index (κ3) is 8.46. The lowest BCUT2D eigenvalue weighted by atomic mass is 9.76. The van der Waals surface area contributed by atoms with Gasteiger partial charge in [0.1, 0.15) is 9.62 Å². The summed E-state index contributed by atoms with van der Waals surface area (Å²) < 4.78 is -2.87. The molecule has 51 heavy (non-hydrogen) atoms. The van der Waals surface area contributed by atoms with E-state index in [-0.39, 0.29) is 36.4 Å². The molecule has 1 saturated heterocycles. The van der Waals surface area contributed by atoms with Crippen LogP contribution in [0.3, 0.4) is 0 Å². The van der Waals surface area contributed by atoms with Gasteiger partial charge in [0, 0.05) is 26.4 Å². The van der Waals surface area contributed by atoms with Gasteiger partial charge in [-0.25, -0.2) is 0 Å². The molecule has 1 aliphatic heterocycles. The molecule has 1 heterocycles. The number of amides is 2.